The molecule has 0 saturated heterocycles. The Morgan fingerprint density at radius 2 is 1.81 bits per heavy atom. The zero-order valence-corrected chi connectivity index (χ0v) is 14.6. The number of carbonyl (C=O) groups excluding carboxylic acids is 1. The molecule has 0 spiro atoms. The molecule has 0 unspecified atom stereocenters. The highest BCUT2D eigenvalue weighted by atomic mass is 16.5. The summed E-state index contributed by atoms with van der Waals surface area (Å²) in [4.78, 5) is 23.7. The van der Waals surface area contributed by atoms with E-state index in [1.165, 1.54) is 13.0 Å². The number of aryl methyl sites for hydroxylation is 2. The Labute approximate surface area is 148 Å². The summed E-state index contributed by atoms with van der Waals surface area (Å²) in [5, 5.41) is 1.63. The van der Waals surface area contributed by atoms with Gasteiger partial charge in [-0.25, -0.2) is 4.79 Å². The fourth-order valence-electron chi connectivity index (χ4n) is 3.25. The number of carbonyl (C=O) groups is 1. The van der Waals surface area contributed by atoms with Crippen molar-refractivity contribution in [2.75, 3.05) is 0 Å². The van der Waals surface area contributed by atoms with Crippen LogP contribution in [0.3, 0.4) is 0 Å². The highest BCUT2D eigenvalue weighted by Crippen LogP contribution is 2.33. The second-order valence-electron chi connectivity index (χ2n) is 6.35. The molecular formula is C21H16O5. The molecule has 4 aromatic rings. The second kappa shape index (κ2) is 5.88. The summed E-state index contributed by atoms with van der Waals surface area (Å²) in [6, 6.07) is 10.7. The van der Waals surface area contributed by atoms with Gasteiger partial charge in [0.25, 0.3) is 0 Å². The number of ether oxygens (including phenoxy) is 1. The van der Waals surface area contributed by atoms with Crippen LogP contribution in [-0.4, -0.2) is 5.97 Å². The minimum atomic E-state index is -0.472. The third-order valence-electron chi connectivity index (χ3n) is 4.28. The summed E-state index contributed by atoms with van der Waals surface area (Å²) in [6.45, 7) is 5.31. The highest BCUT2D eigenvalue weighted by Gasteiger charge is 2.16. The maximum atomic E-state index is 12.6. The lowest BCUT2D eigenvalue weighted by Gasteiger charge is -2.05. The minimum absolute atomic E-state index is 0.334. The van der Waals surface area contributed by atoms with E-state index in [-0.39, 0.29) is 0 Å². The van der Waals surface area contributed by atoms with Crippen LogP contribution in [0.15, 0.2) is 56.3 Å². The van der Waals surface area contributed by atoms with Crippen LogP contribution >= 0.6 is 0 Å². The van der Waals surface area contributed by atoms with Gasteiger partial charge in [-0.1, -0.05) is 6.07 Å². The fraction of sp³-hybridized carbons (Fsp3) is 0.143. The third kappa shape index (κ3) is 2.67. The zero-order chi connectivity index (χ0) is 18.4. The van der Waals surface area contributed by atoms with Crippen molar-refractivity contribution in [3.8, 4) is 16.9 Å². The Bertz CT molecular complexity index is 1230. The van der Waals surface area contributed by atoms with E-state index < -0.39 is 11.6 Å². The van der Waals surface area contributed by atoms with Crippen LogP contribution in [0.5, 0.6) is 5.75 Å². The molecule has 4 rings (SSSR count). The quantitative estimate of drug-likeness (QED) is 0.297. The standard InChI is InChI=1S/C21H16O5/c1-11-6-12(2)20-17(10-24-19(20)7-11)16-8-14-4-5-15(25-13(3)22)9-18(14)26-21(16)23/h4-10H,1-3H3. The fourth-order valence-corrected chi connectivity index (χ4v) is 3.25. The van der Waals surface area contributed by atoms with Crippen LogP contribution in [0.2, 0.25) is 0 Å². The normalized spacial score (nSPS) is 11.2. The predicted molar refractivity (Wildman–Crippen MR) is 98.5 cm³/mol. The molecule has 0 saturated carbocycles. The lowest BCUT2D eigenvalue weighted by molar-refractivity contribution is -0.131. The van der Waals surface area contributed by atoms with Gasteiger partial charge in [-0.15, -0.1) is 0 Å². The maximum Gasteiger partial charge on any atom is 0.344 e. The molecule has 2 aromatic carbocycles. The van der Waals surface area contributed by atoms with E-state index in [0.29, 0.717) is 22.5 Å². The van der Waals surface area contributed by atoms with Gasteiger partial charge in [-0.05, 0) is 49.2 Å². The number of furan rings is 1. The molecule has 2 heterocycles. The van der Waals surface area contributed by atoms with Gasteiger partial charge in [0.1, 0.15) is 16.9 Å². The van der Waals surface area contributed by atoms with E-state index in [2.05, 4.69) is 6.07 Å². The SMILES string of the molecule is CC(=O)Oc1ccc2cc(-c3coc4cc(C)cc(C)c34)c(=O)oc2c1. The number of hydrogen-bond donors (Lipinski definition) is 0. The van der Waals surface area contributed by atoms with E-state index in [1.807, 2.05) is 19.9 Å². The summed E-state index contributed by atoms with van der Waals surface area (Å²) in [7, 11) is 0. The lowest BCUT2D eigenvalue weighted by atomic mass is 10.0. The van der Waals surface area contributed by atoms with Crippen LogP contribution < -0.4 is 10.4 Å². The first-order valence-electron chi connectivity index (χ1n) is 8.17. The molecule has 0 aliphatic heterocycles. The van der Waals surface area contributed by atoms with Crippen molar-refractivity contribution >= 4 is 27.9 Å². The number of hydrogen-bond acceptors (Lipinski definition) is 5. The Balaban J connectivity index is 1.91. The molecule has 0 amide bonds. The first kappa shape index (κ1) is 16.1. The average Bonchev–Trinajstić information content (AvgIpc) is 2.97. The van der Waals surface area contributed by atoms with Crippen LogP contribution in [0, 0.1) is 13.8 Å². The van der Waals surface area contributed by atoms with Crippen LogP contribution in [0.25, 0.3) is 33.1 Å². The molecule has 2 aromatic heterocycles. The Hall–Kier alpha value is -3.34. The van der Waals surface area contributed by atoms with Crippen LogP contribution in [0.1, 0.15) is 18.1 Å². The average molecular weight is 348 g/mol. The van der Waals surface area contributed by atoms with Gasteiger partial charge < -0.3 is 13.6 Å². The Kier molecular flexibility index (Phi) is 3.65. The first-order chi connectivity index (χ1) is 12.4. The first-order valence-corrected chi connectivity index (χ1v) is 8.17. The third-order valence-corrected chi connectivity index (χ3v) is 4.28. The van der Waals surface area contributed by atoms with Gasteiger partial charge in [0.2, 0.25) is 0 Å². The molecule has 0 N–H and O–H groups in total. The van der Waals surface area contributed by atoms with Crippen molar-refractivity contribution in [1.29, 1.82) is 0 Å². The van der Waals surface area contributed by atoms with E-state index in [4.69, 9.17) is 13.6 Å². The molecule has 0 atom stereocenters. The van der Waals surface area contributed by atoms with Gasteiger partial charge >= 0.3 is 11.6 Å². The summed E-state index contributed by atoms with van der Waals surface area (Å²) in [5.74, 6) is -0.0973. The molecule has 0 bridgehead atoms. The molecule has 5 nitrogen and oxygen atoms in total. The molecule has 130 valence electrons. The van der Waals surface area contributed by atoms with Crippen molar-refractivity contribution in [3.63, 3.8) is 0 Å². The van der Waals surface area contributed by atoms with Gasteiger partial charge in [0.15, 0.2) is 0 Å². The molecule has 0 fully saturated rings. The predicted octanol–water partition coefficient (Wildman–Crippen LogP) is 4.75. The molecule has 0 radical (unpaired) electrons. The largest absolute Gasteiger partial charge is 0.464 e. The molecule has 5 heteroatoms. The summed E-state index contributed by atoms with van der Waals surface area (Å²) in [6.07, 6.45) is 1.59. The minimum Gasteiger partial charge on any atom is -0.464 e. The van der Waals surface area contributed by atoms with Crippen molar-refractivity contribution in [2.45, 2.75) is 20.8 Å². The number of fused-ring (bicyclic) bond motifs is 2. The van der Waals surface area contributed by atoms with E-state index in [9.17, 15) is 9.59 Å². The molecule has 26 heavy (non-hydrogen) atoms. The van der Waals surface area contributed by atoms with Gasteiger partial charge in [-0.2, -0.15) is 0 Å². The zero-order valence-electron chi connectivity index (χ0n) is 14.6. The van der Waals surface area contributed by atoms with Crippen LogP contribution in [0.4, 0.5) is 0 Å². The van der Waals surface area contributed by atoms with Crippen molar-refractivity contribution < 1.29 is 18.4 Å². The van der Waals surface area contributed by atoms with Crippen LogP contribution in [-0.2, 0) is 4.79 Å². The Morgan fingerprint density at radius 3 is 2.58 bits per heavy atom. The topological polar surface area (TPSA) is 69.7 Å². The maximum absolute atomic E-state index is 12.6. The second-order valence-corrected chi connectivity index (χ2v) is 6.35. The van der Waals surface area contributed by atoms with E-state index >= 15 is 0 Å². The molecule has 0 aliphatic carbocycles. The summed E-state index contributed by atoms with van der Waals surface area (Å²) < 4.78 is 16.2. The molecule has 0 aliphatic rings. The molecular weight excluding hydrogens is 332 g/mol. The smallest absolute Gasteiger partial charge is 0.344 e. The van der Waals surface area contributed by atoms with E-state index in [1.54, 1.807) is 24.5 Å². The highest BCUT2D eigenvalue weighted by molar-refractivity contribution is 5.98. The van der Waals surface area contributed by atoms with Gasteiger partial charge in [0.05, 0.1) is 11.8 Å². The number of benzene rings is 2. The van der Waals surface area contributed by atoms with E-state index in [0.717, 1.165) is 27.5 Å². The van der Waals surface area contributed by atoms with Crippen molar-refractivity contribution in [1.82, 2.24) is 0 Å². The summed E-state index contributed by atoms with van der Waals surface area (Å²) >= 11 is 0. The lowest BCUT2D eigenvalue weighted by Crippen LogP contribution is -2.04. The monoisotopic (exact) mass is 348 g/mol. The van der Waals surface area contributed by atoms with Crippen molar-refractivity contribution in [2.24, 2.45) is 0 Å². The van der Waals surface area contributed by atoms with Gasteiger partial charge in [-0.3, -0.25) is 4.79 Å². The van der Waals surface area contributed by atoms with Gasteiger partial charge in [0, 0.05) is 29.3 Å². The van der Waals surface area contributed by atoms with Crippen molar-refractivity contribution in [3.05, 3.63) is 64.2 Å². The number of esters is 1. The summed E-state index contributed by atoms with van der Waals surface area (Å²) in [5.41, 5.74) is 3.90. The number of rotatable bonds is 2. The Morgan fingerprint density at radius 1 is 1.00 bits per heavy atom.